The Labute approximate surface area is 109 Å². The molecule has 0 amide bonds. The van der Waals surface area contributed by atoms with Crippen LogP contribution in [0, 0.1) is 0 Å². The Balaban J connectivity index is 1.95. The number of rotatable bonds is 3. The van der Waals surface area contributed by atoms with Gasteiger partial charge in [0.15, 0.2) is 0 Å². The first-order valence-corrected chi connectivity index (χ1v) is 6.53. The van der Waals surface area contributed by atoms with Gasteiger partial charge in [0.2, 0.25) is 0 Å². The predicted octanol–water partition coefficient (Wildman–Crippen LogP) is 2.33. The molecule has 2 heterocycles. The van der Waals surface area contributed by atoms with Gasteiger partial charge >= 0.3 is 0 Å². The molecule has 0 fully saturated rings. The van der Waals surface area contributed by atoms with Gasteiger partial charge in [-0.15, -0.1) is 5.10 Å². The zero-order valence-corrected chi connectivity index (χ0v) is 10.5. The quantitative estimate of drug-likeness (QED) is 0.781. The van der Waals surface area contributed by atoms with Crippen molar-refractivity contribution in [3.05, 3.63) is 53.2 Å². The second-order valence-electron chi connectivity index (χ2n) is 4.13. The number of hydrogen-bond donors (Lipinski definition) is 1. The summed E-state index contributed by atoms with van der Waals surface area (Å²) in [5.74, 6) is 0. The van der Waals surface area contributed by atoms with Gasteiger partial charge in [0.25, 0.3) is 0 Å². The highest BCUT2D eigenvalue weighted by Gasteiger charge is 2.11. The van der Waals surface area contributed by atoms with E-state index in [-0.39, 0.29) is 6.04 Å². The average Bonchev–Trinajstić information content (AvgIpc) is 2.93. The molecule has 2 N–H and O–H groups in total. The van der Waals surface area contributed by atoms with Gasteiger partial charge in [-0.1, -0.05) is 22.7 Å². The third kappa shape index (κ3) is 2.10. The Kier molecular flexibility index (Phi) is 3.00. The van der Waals surface area contributed by atoms with Crippen molar-refractivity contribution in [1.29, 1.82) is 0 Å². The molecular formula is C13H12N4S. The first-order valence-electron chi connectivity index (χ1n) is 5.70. The van der Waals surface area contributed by atoms with Crippen molar-refractivity contribution in [2.24, 2.45) is 5.73 Å². The molecule has 5 heteroatoms. The fourth-order valence-electron chi connectivity index (χ4n) is 2.01. The van der Waals surface area contributed by atoms with Gasteiger partial charge < -0.3 is 5.73 Å². The molecule has 1 aromatic carbocycles. The summed E-state index contributed by atoms with van der Waals surface area (Å²) in [5, 5.41) is 7.07. The zero-order chi connectivity index (χ0) is 12.4. The van der Waals surface area contributed by atoms with Crippen LogP contribution in [0.3, 0.4) is 0 Å². The Morgan fingerprint density at radius 2 is 2.11 bits per heavy atom. The molecule has 3 rings (SSSR count). The fraction of sp³-hybridized carbons (Fsp3) is 0.154. The molecule has 2 aromatic heterocycles. The van der Waals surface area contributed by atoms with E-state index < -0.39 is 0 Å². The third-order valence-electron chi connectivity index (χ3n) is 2.94. The van der Waals surface area contributed by atoms with Crippen LogP contribution >= 0.6 is 11.5 Å². The van der Waals surface area contributed by atoms with Crippen LogP contribution in [0.5, 0.6) is 0 Å². The molecule has 0 spiro atoms. The molecule has 0 aliphatic rings. The first kappa shape index (κ1) is 11.3. The lowest BCUT2D eigenvalue weighted by Gasteiger charge is -2.10. The molecule has 1 atom stereocenters. The van der Waals surface area contributed by atoms with Crippen molar-refractivity contribution in [3.8, 4) is 0 Å². The zero-order valence-electron chi connectivity index (χ0n) is 9.65. The second kappa shape index (κ2) is 4.80. The Bertz CT molecular complexity index is 646. The van der Waals surface area contributed by atoms with Crippen LogP contribution in [0.25, 0.3) is 10.9 Å². The number of benzene rings is 1. The summed E-state index contributed by atoms with van der Waals surface area (Å²) in [7, 11) is 0. The maximum absolute atomic E-state index is 6.15. The van der Waals surface area contributed by atoms with E-state index in [4.69, 9.17) is 5.73 Å². The number of nitrogens with zero attached hydrogens (tertiary/aromatic N) is 3. The average molecular weight is 256 g/mol. The topological polar surface area (TPSA) is 64.7 Å². The molecule has 4 nitrogen and oxygen atoms in total. The number of hydrogen-bond acceptors (Lipinski definition) is 5. The summed E-state index contributed by atoms with van der Waals surface area (Å²) < 4.78 is 3.85. The minimum absolute atomic E-state index is 0.116. The highest BCUT2D eigenvalue weighted by molar-refractivity contribution is 7.03. The van der Waals surface area contributed by atoms with Gasteiger partial charge in [-0.2, -0.15) is 0 Å². The molecule has 0 radical (unpaired) electrons. The second-order valence-corrected chi connectivity index (χ2v) is 4.74. The molecule has 1 unspecified atom stereocenters. The summed E-state index contributed by atoms with van der Waals surface area (Å²) in [6, 6.07) is 9.99. The number of aromatic nitrogens is 3. The van der Waals surface area contributed by atoms with Crippen LogP contribution < -0.4 is 5.73 Å². The van der Waals surface area contributed by atoms with E-state index in [1.165, 1.54) is 17.1 Å². The summed E-state index contributed by atoms with van der Waals surface area (Å²) in [5.41, 5.74) is 9.19. The summed E-state index contributed by atoms with van der Waals surface area (Å²) in [6.07, 6.45) is 2.57. The Morgan fingerprint density at radius 1 is 1.22 bits per heavy atom. The van der Waals surface area contributed by atoms with Gasteiger partial charge in [-0.3, -0.25) is 4.98 Å². The predicted molar refractivity (Wildman–Crippen MR) is 72.3 cm³/mol. The molecule has 18 heavy (non-hydrogen) atoms. The lowest BCUT2D eigenvalue weighted by Crippen LogP contribution is -2.14. The highest BCUT2D eigenvalue weighted by atomic mass is 32.1. The summed E-state index contributed by atoms with van der Waals surface area (Å²) in [4.78, 5) is 4.35. The Hall–Kier alpha value is -1.85. The normalized spacial score (nSPS) is 12.7. The summed E-state index contributed by atoms with van der Waals surface area (Å²) in [6.45, 7) is 0. The third-order valence-corrected chi connectivity index (χ3v) is 3.46. The van der Waals surface area contributed by atoms with E-state index in [1.54, 1.807) is 0 Å². The minimum Gasteiger partial charge on any atom is -0.322 e. The standard InChI is InChI=1S/C13H12N4S/c14-11(13-8-18-17-16-13)7-9-5-6-15-12-4-2-1-3-10(9)12/h1-6,8,11H,7,14H2. The number of para-hydroxylation sites is 1. The number of nitrogens with two attached hydrogens (primary N) is 1. The van der Waals surface area contributed by atoms with E-state index in [1.807, 2.05) is 35.8 Å². The SMILES string of the molecule is NC(Cc1ccnc2ccccc12)c1csnn1. The van der Waals surface area contributed by atoms with Gasteiger partial charge in [-0.25, -0.2) is 0 Å². The maximum atomic E-state index is 6.15. The molecule has 90 valence electrons. The van der Waals surface area contributed by atoms with Crippen LogP contribution in [0.15, 0.2) is 41.9 Å². The maximum Gasteiger partial charge on any atom is 0.0925 e. The lowest BCUT2D eigenvalue weighted by atomic mass is 10.0. The van der Waals surface area contributed by atoms with E-state index in [9.17, 15) is 0 Å². The molecule has 0 aliphatic heterocycles. The minimum atomic E-state index is -0.116. The summed E-state index contributed by atoms with van der Waals surface area (Å²) >= 11 is 1.33. The van der Waals surface area contributed by atoms with Gasteiger partial charge in [0, 0.05) is 17.0 Å². The van der Waals surface area contributed by atoms with Crippen LogP contribution in [-0.4, -0.2) is 14.6 Å². The molecule has 0 bridgehead atoms. The van der Waals surface area contributed by atoms with Crippen molar-refractivity contribution in [3.63, 3.8) is 0 Å². The largest absolute Gasteiger partial charge is 0.322 e. The van der Waals surface area contributed by atoms with E-state index >= 15 is 0 Å². The first-order chi connectivity index (χ1) is 8.84. The molecule has 0 saturated heterocycles. The molecule has 3 aromatic rings. The van der Waals surface area contributed by atoms with Crippen molar-refractivity contribution in [1.82, 2.24) is 14.6 Å². The number of fused-ring (bicyclic) bond motifs is 1. The van der Waals surface area contributed by atoms with Crippen LogP contribution in [0.1, 0.15) is 17.3 Å². The fourth-order valence-corrected chi connectivity index (χ4v) is 2.53. The molecule has 0 aliphatic carbocycles. The van der Waals surface area contributed by atoms with E-state index in [2.05, 4.69) is 20.6 Å². The highest BCUT2D eigenvalue weighted by Crippen LogP contribution is 2.21. The van der Waals surface area contributed by atoms with Crippen molar-refractivity contribution >= 4 is 22.4 Å². The number of pyridine rings is 1. The molecule has 0 saturated carbocycles. The van der Waals surface area contributed by atoms with Crippen LogP contribution in [0.2, 0.25) is 0 Å². The van der Waals surface area contributed by atoms with Gasteiger partial charge in [0.05, 0.1) is 17.3 Å². The van der Waals surface area contributed by atoms with Crippen molar-refractivity contribution < 1.29 is 0 Å². The van der Waals surface area contributed by atoms with Crippen LogP contribution in [-0.2, 0) is 6.42 Å². The monoisotopic (exact) mass is 256 g/mol. The van der Waals surface area contributed by atoms with Gasteiger partial charge in [0.1, 0.15) is 0 Å². The van der Waals surface area contributed by atoms with Crippen molar-refractivity contribution in [2.45, 2.75) is 12.5 Å². The van der Waals surface area contributed by atoms with Gasteiger partial charge in [-0.05, 0) is 35.6 Å². The Morgan fingerprint density at radius 3 is 2.94 bits per heavy atom. The van der Waals surface area contributed by atoms with E-state index in [0.717, 1.165) is 23.0 Å². The molecular weight excluding hydrogens is 244 g/mol. The lowest BCUT2D eigenvalue weighted by molar-refractivity contribution is 0.695. The van der Waals surface area contributed by atoms with Crippen LogP contribution in [0.4, 0.5) is 0 Å². The van der Waals surface area contributed by atoms with E-state index in [0.29, 0.717) is 0 Å². The smallest absolute Gasteiger partial charge is 0.0925 e. The van der Waals surface area contributed by atoms with Crippen molar-refractivity contribution in [2.75, 3.05) is 0 Å².